The summed E-state index contributed by atoms with van der Waals surface area (Å²) in [6.07, 6.45) is 3.46. The Hall–Kier alpha value is -2.54. The molecule has 0 aliphatic heterocycles. The van der Waals surface area contributed by atoms with Crippen LogP contribution in [0.3, 0.4) is 0 Å². The van der Waals surface area contributed by atoms with Crippen LogP contribution in [0.25, 0.3) is 11.1 Å². The molecule has 0 spiro atoms. The first-order valence-corrected chi connectivity index (χ1v) is 11.7. The first-order chi connectivity index (χ1) is 14.7. The summed E-state index contributed by atoms with van der Waals surface area (Å²) in [7, 11) is 0. The second-order valence-corrected chi connectivity index (χ2v) is 10.4. The summed E-state index contributed by atoms with van der Waals surface area (Å²) in [6.45, 7) is 16.1. The van der Waals surface area contributed by atoms with E-state index < -0.39 is 0 Å². The molecule has 0 heterocycles. The lowest BCUT2D eigenvalue weighted by Gasteiger charge is -2.32. The van der Waals surface area contributed by atoms with E-state index in [0.717, 1.165) is 6.42 Å². The molecule has 3 aromatic rings. The highest BCUT2D eigenvalue weighted by atomic mass is 14.9. The van der Waals surface area contributed by atoms with Crippen LogP contribution in [0.2, 0.25) is 0 Å². The van der Waals surface area contributed by atoms with Gasteiger partial charge in [0.15, 0.2) is 0 Å². The lowest BCUT2D eigenvalue weighted by molar-refractivity contribution is 0.589. The molecule has 1 nitrogen and oxygen atoms in total. The summed E-state index contributed by atoms with van der Waals surface area (Å²) in [5, 5.41) is 3.95. The third-order valence-corrected chi connectivity index (χ3v) is 7.48. The summed E-state index contributed by atoms with van der Waals surface area (Å²) in [6, 6.07) is 18.3. The molecule has 0 fully saturated rings. The van der Waals surface area contributed by atoms with Gasteiger partial charge >= 0.3 is 0 Å². The fourth-order valence-corrected chi connectivity index (χ4v) is 5.09. The Morgan fingerprint density at radius 3 is 2.06 bits per heavy atom. The van der Waals surface area contributed by atoms with Crippen molar-refractivity contribution in [2.75, 3.05) is 5.32 Å². The topological polar surface area (TPSA) is 12.0 Å². The van der Waals surface area contributed by atoms with Crippen LogP contribution in [0, 0.1) is 27.7 Å². The van der Waals surface area contributed by atoms with Crippen molar-refractivity contribution in [2.45, 2.75) is 79.2 Å². The maximum absolute atomic E-state index is 3.95. The zero-order chi connectivity index (χ0) is 22.3. The zero-order valence-electron chi connectivity index (χ0n) is 20.3. The fourth-order valence-electron chi connectivity index (χ4n) is 5.09. The molecule has 1 heteroatoms. The van der Waals surface area contributed by atoms with Crippen molar-refractivity contribution in [3.8, 4) is 11.1 Å². The molecule has 0 aromatic heterocycles. The van der Waals surface area contributed by atoms with E-state index in [1.54, 1.807) is 11.1 Å². The van der Waals surface area contributed by atoms with Gasteiger partial charge in [0.25, 0.3) is 0 Å². The van der Waals surface area contributed by atoms with Gasteiger partial charge in [-0.25, -0.2) is 0 Å². The molecular formula is C30H37N. The summed E-state index contributed by atoms with van der Waals surface area (Å²) in [5.74, 6) is 0. The number of benzene rings is 3. The fraction of sp³-hybridized carbons (Fsp3) is 0.400. The van der Waals surface area contributed by atoms with Crippen LogP contribution in [0.1, 0.15) is 66.1 Å². The molecular weight excluding hydrogens is 374 g/mol. The molecule has 1 N–H and O–H groups in total. The molecule has 1 unspecified atom stereocenters. The average molecular weight is 412 g/mol. The van der Waals surface area contributed by atoms with E-state index >= 15 is 0 Å². The van der Waals surface area contributed by atoms with E-state index in [2.05, 4.69) is 102 Å². The van der Waals surface area contributed by atoms with E-state index in [0.29, 0.717) is 6.04 Å². The molecule has 3 aromatic carbocycles. The molecule has 0 radical (unpaired) electrons. The predicted molar refractivity (Wildman–Crippen MR) is 135 cm³/mol. The minimum Gasteiger partial charge on any atom is -0.381 e. The van der Waals surface area contributed by atoms with Crippen molar-refractivity contribution in [1.82, 2.24) is 0 Å². The standard InChI is InChI=1S/C30H37N/c1-19-20(2)22(4)27-18-25(14-15-26(27)21(19)3)31-29-16-13-24(30(5,6)7)17-28(29)23-11-9-8-10-12-23/h8-13,16-17,25,31H,14-15,18H2,1-7H3. The molecule has 1 aliphatic rings. The molecule has 0 amide bonds. The van der Waals surface area contributed by atoms with E-state index in [-0.39, 0.29) is 5.41 Å². The third-order valence-electron chi connectivity index (χ3n) is 7.48. The summed E-state index contributed by atoms with van der Waals surface area (Å²) in [5.41, 5.74) is 14.5. The number of hydrogen-bond acceptors (Lipinski definition) is 1. The highest BCUT2D eigenvalue weighted by Crippen LogP contribution is 2.37. The maximum Gasteiger partial charge on any atom is 0.0422 e. The first kappa shape index (κ1) is 21.7. The SMILES string of the molecule is Cc1c(C)c(C)c2c(c1C)CCC(Nc1ccc(C(C)(C)C)cc1-c1ccccc1)C2. The van der Waals surface area contributed by atoms with E-state index in [9.17, 15) is 0 Å². The smallest absolute Gasteiger partial charge is 0.0422 e. The number of hydrogen-bond donors (Lipinski definition) is 1. The second kappa shape index (κ2) is 8.19. The van der Waals surface area contributed by atoms with Crippen molar-refractivity contribution >= 4 is 5.69 Å². The normalized spacial score (nSPS) is 16.2. The molecule has 1 aliphatic carbocycles. The Bertz CT molecular complexity index is 1100. The number of nitrogens with one attached hydrogen (secondary N) is 1. The molecule has 162 valence electrons. The first-order valence-electron chi connectivity index (χ1n) is 11.7. The van der Waals surface area contributed by atoms with Gasteiger partial charge in [-0.2, -0.15) is 0 Å². The Kier molecular flexibility index (Phi) is 5.73. The van der Waals surface area contributed by atoms with E-state index in [1.165, 1.54) is 57.5 Å². The number of fused-ring (bicyclic) bond motifs is 1. The lowest BCUT2D eigenvalue weighted by atomic mass is 9.79. The van der Waals surface area contributed by atoms with Gasteiger partial charge in [0.2, 0.25) is 0 Å². The van der Waals surface area contributed by atoms with Gasteiger partial charge in [0.05, 0.1) is 0 Å². The second-order valence-electron chi connectivity index (χ2n) is 10.4. The minimum absolute atomic E-state index is 0.135. The third kappa shape index (κ3) is 4.15. The predicted octanol–water partition coefficient (Wildman–Crippen LogP) is 7.85. The summed E-state index contributed by atoms with van der Waals surface area (Å²) < 4.78 is 0. The van der Waals surface area contributed by atoms with Crippen LogP contribution in [-0.2, 0) is 18.3 Å². The lowest BCUT2D eigenvalue weighted by Crippen LogP contribution is -2.29. The van der Waals surface area contributed by atoms with E-state index in [4.69, 9.17) is 0 Å². The number of anilines is 1. The van der Waals surface area contributed by atoms with Crippen molar-refractivity contribution in [3.05, 3.63) is 87.5 Å². The van der Waals surface area contributed by atoms with Crippen LogP contribution in [0.5, 0.6) is 0 Å². The monoisotopic (exact) mass is 411 g/mol. The molecule has 0 saturated heterocycles. The Labute approximate surface area is 188 Å². The largest absolute Gasteiger partial charge is 0.381 e. The van der Waals surface area contributed by atoms with Crippen molar-refractivity contribution in [2.24, 2.45) is 0 Å². The van der Waals surface area contributed by atoms with Gasteiger partial charge in [-0.3, -0.25) is 0 Å². The quantitative estimate of drug-likeness (QED) is 0.462. The molecule has 1 atom stereocenters. The van der Waals surface area contributed by atoms with E-state index in [1.807, 2.05) is 0 Å². The maximum atomic E-state index is 3.95. The van der Waals surface area contributed by atoms with Gasteiger partial charge in [-0.15, -0.1) is 0 Å². The van der Waals surface area contributed by atoms with Gasteiger partial charge in [0.1, 0.15) is 0 Å². The van der Waals surface area contributed by atoms with Gasteiger partial charge in [-0.05, 0) is 109 Å². The number of rotatable bonds is 3. The molecule has 0 saturated carbocycles. The molecule has 31 heavy (non-hydrogen) atoms. The van der Waals surface area contributed by atoms with Gasteiger partial charge in [0, 0.05) is 17.3 Å². The van der Waals surface area contributed by atoms with Crippen LogP contribution in [0.15, 0.2) is 48.5 Å². The van der Waals surface area contributed by atoms with Crippen molar-refractivity contribution in [1.29, 1.82) is 0 Å². The van der Waals surface area contributed by atoms with Crippen LogP contribution in [-0.4, -0.2) is 6.04 Å². The summed E-state index contributed by atoms with van der Waals surface area (Å²) in [4.78, 5) is 0. The highest BCUT2D eigenvalue weighted by Gasteiger charge is 2.25. The average Bonchev–Trinajstić information content (AvgIpc) is 2.76. The van der Waals surface area contributed by atoms with Crippen LogP contribution >= 0.6 is 0 Å². The van der Waals surface area contributed by atoms with Crippen molar-refractivity contribution < 1.29 is 0 Å². The minimum atomic E-state index is 0.135. The Morgan fingerprint density at radius 2 is 1.42 bits per heavy atom. The zero-order valence-corrected chi connectivity index (χ0v) is 20.3. The Morgan fingerprint density at radius 1 is 0.774 bits per heavy atom. The highest BCUT2D eigenvalue weighted by molar-refractivity contribution is 5.79. The molecule has 0 bridgehead atoms. The van der Waals surface area contributed by atoms with Crippen LogP contribution < -0.4 is 5.32 Å². The Balaban J connectivity index is 1.69. The van der Waals surface area contributed by atoms with Gasteiger partial charge in [-0.1, -0.05) is 57.2 Å². The molecule has 4 rings (SSSR count). The van der Waals surface area contributed by atoms with Gasteiger partial charge < -0.3 is 5.32 Å². The van der Waals surface area contributed by atoms with Crippen LogP contribution in [0.4, 0.5) is 5.69 Å². The van der Waals surface area contributed by atoms with Crippen molar-refractivity contribution in [3.63, 3.8) is 0 Å². The summed E-state index contributed by atoms with van der Waals surface area (Å²) >= 11 is 0.